The Morgan fingerprint density at radius 2 is 1.88 bits per heavy atom. The monoisotopic (exact) mass is 432 g/mol. The molecule has 0 aliphatic carbocycles. The van der Waals surface area contributed by atoms with Gasteiger partial charge in [0, 0.05) is 43.7 Å². The van der Waals surface area contributed by atoms with Gasteiger partial charge in [-0.1, -0.05) is 18.5 Å². The molecule has 1 amide bonds. The van der Waals surface area contributed by atoms with Gasteiger partial charge in [-0.05, 0) is 44.5 Å². The first-order chi connectivity index (χ1) is 15.5. The Kier molecular flexibility index (Phi) is 6.30. The third-order valence-corrected chi connectivity index (χ3v) is 5.60. The number of unbranched alkanes of at least 4 members (excludes halogenated alkanes) is 1. The second-order valence-electron chi connectivity index (χ2n) is 7.71. The van der Waals surface area contributed by atoms with Crippen LogP contribution in [0.3, 0.4) is 0 Å². The number of carbonyl (C=O) groups excluding carboxylic acids is 1. The maximum Gasteiger partial charge on any atom is 0.270 e. The molecular weight excluding hydrogens is 404 g/mol. The molecule has 8 heteroatoms. The minimum Gasteiger partial charge on any atom is -0.339 e. The summed E-state index contributed by atoms with van der Waals surface area (Å²) in [5.41, 5.74) is 3.92. The van der Waals surface area contributed by atoms with Crippen LogP contribution in [0.5, 0.6) is 0 Å². The van der Waals surface area contributed by atoms with Gasteiger partial charge in [0.2, 0.25) is 11.7 Å². The predicted molar refractivity (Wildman–Crippen MR) is 123 cm³/mol. The molecule has 8 nitrogen and oxygen atoms in total. The highest BCUT2D eigenvalue weighted by Gasteiger charge is 2.20. The molecule has 4 aromatic heterocycles. The summed E-state index contributed by atoms with van der Waals surface area (Å²) >= 11 is 0. The van der Waals surface area contributed by atoms with Crippen LogP contribution in [0.15, 0.2) is 41.2 Å². The standard InChI is InChI=1S/C24H28N6O2/c1-5-8-11-30-21(24(31)29(6-2)7-3)14-18-13-20(26-15-22(18)30)19-12-17(9-10-25-19)23-27-16(4)32-28-23/h9-10,12-15H,5-8,11H2,1-4H3. The van der Waals surface area contributed by atoms with Gasteiger partial charge in [-0.2, -0.15) is 4.98 Å². The molecular formula is C24H28N6O2. The van der Waals surface area contributed by atoms with Crippen LogP contribution in [-0.2, 0) is 6.54 Å². The van der Waals surface area contributed by atoms with Gasteiger partial charge in [0.1, 0.15) is 5.69 Å². The van der Waals surface area contributed by atoms with E-state index in [1.165, 1.54) is 0 Å². The smallest absolute Gasteiger partial charge is 0.270 e. The van der Waals surface area contributed by atoms with Crippen molar-refractivity contribution < 1.29 is 9.32 Å². The molecule has 0 saturated carbocycles. The summed E-state index contributed by atoms with van der Waals surface area (Å²) < 4.78 is 7.19. The number of fused-ring (bicyclic) bond motifs is 1. The van der Waals surface area contributed by atoms with Crippen LogP contribution in [0.1, 0.15) is 50.0 Å². The number of aromatic nitrogens is 5. The molecule has 0 N–H and O–H groups in total. The Morgan fingerprint density at radius 3 is 2.56 bits per heavy atom. The Balaban J connectivity index is 1.77. The van der Waals surface area contributed by atoms with Crippen molar-refractivity contribution in [3.63, 3.8) is 0 Å². The first-order valence-corrected chi connectivity index (χ1v) is 11.1. The Hall–Kier alpha value is -3.55. The first kappa shape index (κ1) is 21.7. The van der Waals surface area contributed by atoms with Crippen molar-refractivity contribution in [2.45, 2.75) is 47.1 Å². The van der Waals surface area contributed by atoms with Crippen LogP contribution in [0.2, 0.25) is 0 Å². The largest absolute Gasteiger partial charge is 0.339 e. The minimum absolute atomic E-state index is 0.0523. The summed E-state index contributed by atoms with van der Waals surface area (Å²) in [6.07, 6.45) is 5.60. The summed E-state index contributed by atoms with van der Waals surface area (Å²) in [5, 5.41) is 4.96. The van der Waals surface area contributed by atoms with E-state index in [-0.39, 0.29) is 5.91 Å². The third-order valence-electron chi connectivity index (χ3n) is 5.60. The van der Waals surface area contributed by atoms with Gasteiger partial charge in [-0.25, -0.2) is 0 Å². The maximum absolute atomic E-state index is 13.2. The van der Waals surface area contributed by atoms with Crippen LogP contribution in [-0.4, -0.2) is 48.6 Å². The molecule has 0 bridgehead atoms. The Morgan fingerprint density at radius 1 is 1.09 bits per heavy atom. The number of hydrogen-bond acceptors (Lipinski definition) is 6. The van der Waals surface area contributed by atoms with Crippen LogP contribution < -0.4 is 0 Å². The van der Waals surface area contributed by atoms with Crippen molar-refractivity contribution in [3.8, 4) is 22.8 Å². The van der Waals surface area contributed by atoms with Crippen molar-refractivity contribution in [3.05, 3.63) is 48.2 Å². The van der Waals surface area contributed by atoms with E-state index in [1.54, 1.807) is 13.1 Å². The van der Waals surface area contributed by atoms with Crippen molar-refractivity contribution >= 4 is 16.8 Å². The van der Waals surface area contributed by atoms with Crippen molar-refractivity contribution in [2.24, 2.45) is 0 Å². The van der Waals surface area contributed by atoms with Gasteiger partial charge in [-0.3, -0.25) is 14.8 Å². The van der Waals surface area contributed by atoms with E-state index >= 15 is 0 Å². The molecule has 0 atom stereocenters. The predicted octanol–water partition coefficient (Wildman–Crippen LogP) is 4.74. The zero-order valence-corrected chi connectivity index (χ0v) is 19.0. The summed E-state index contributed by atoms with van der Waals surface area (Å²) in [6.45, 7) is 10.1. The van der Waals surface area contributed by atoms with Crippen molar-refractivity contribution in [1.82, 2.24) is 29.6 Å². The van der Waals surface area contributed by atoms with E-state index < -0.39 is 0 Å². The molecule has 0 spiro atoms. The fourth-order valence-corrected chi connectivity index (χ4v) is 3.83. The average Bonchev–Trinajstić information content (AvgIpc) is 3.41. The fourth-order valence-electron chi connectivity index (χ4n) is 3.83. The van der Waals surface area contributed by atoms with E-state index in [4.69, 9.17) is 4.52 Å². The summed E-state index contributed by atoms with van der Waals surface area (Å²) in [5.74, 6) is 1.08. The molecule has 0 aliphatic heterocycles. The summed E-state index contributed by atoms with van der Waals surface area (Å²) in [6, 6.07) is 7.70. The lowest BCUT2D eigenvalue weighted by Gasteiger charge is -2.20. The molecule has 0 saturated heterocycles. The van der Waals surface area contributed by atoms with Crippen molar-refractivity contribution in [1.29, 1.82) is 0 Å². The highest BCUT2D eigenvalue weighted by atomic mass is 16.5. The number of nitrogens with zero attached hydrogens (tertiary/aromatic N) is 6. The van der Waals surface area contributed by atoms with Gasteiger partial charge in [0.05, 0.1) is 23.1 Å². The number of pyridine rings is 2. The second kappa shape index (κ2) is 9.30. The quantitative estimate of drug-likeness (QED) is 0.399. The third kappa shape index (κ3) is 4.12. The maximum atomic E-state index is 13.2. The zero-order chi connectivity index (χ0) is 22.7. The van der Waals surface area contributed by atoms with E-state index in [0.29, 0.717) is 36.2 Å². The number of rotatable bonds is 8. The lowest BCUT2D eigenvalue weighted by atomic mass is 10.1. The average molecular weight is 433 g/mol. The van der Waals surface area contributed by atoms with Crippen LogP contribution in [0.4, 0.5) is 0 Å². The molecule has 4 aromatic rings. The Bertz CT molecular complexity index is 1240. The molecule has 4 rings (SSSR count). The minimum atomic E-state index is 0.0523. The molecule has 166 valence electrons. The summed E-state index contributed by atoms with van der Waals surface area (Å²) in [4.78, 5) is 28.5. The fraction of sp³-hybridized carbons (Fsp3) is 0.375. The molecule has 0 aromatic carbocycles. The molecule has 0 radical (unpaired) electrons. The van der Waals surface area contributed by atoms with E-state index in [2.05, 4.69) is 31.6 Å². The highest BCUT2D eigenvalue weighted by molar-refractivity contribution is 5.99. The van der Waals surface area contributed by atoms with Gasteiger partial charge in [0.25, 0.3) is 5.91 Å². The topological polar surface area (TPSA) is 89.9 Å². The normalized spacial score (nSPS) is 11.2. The Labute approximate surface area is 187 Å². The molecule has 0 unspecified atom stereocenters. The summed E-state index contributed by atoms with van der Waals surface area (Å²) in [7, 11) is 0. The number of carbonyl (C=O) groups is 1. The van der Waals surface area contributed by atoms with E-state index in [1.807, 2.05) is 49.2 Å². The lowest BCUT2D eigenvalue weighted by molar-refractivity contribution is 0.0762. The first-order valence-electron chi connectivity index (χ1n) is 11.1. The second-order valence-corrected chi connectivity index (χ2v) is 7.71. The van der Waals surface area contributed by atoms with Gasteiger partial charge in [0.15, 0.2) is 0 Å². The van der Waals surface area contributed by atoms with Gasteiger partial charge >= 0.3 is 0 Å². The molecule has 0 fully saturated rings. The molecule has 32 heavy (non-hydrogen) atoms. The van der Waals surface area contributed by atoms with Gasteiger partial charge < -0.3 is 14.0 Å². The zero-order valence-electron chi connectivity index (χ0n) is 19.0. The number of hydrogen-bond donors (Lipinski definition) is 0. The lowest BCUT2D eigenvalue weighted by Crippen LogP contribution is -2.32. The molecule has 4 heterocycles. The van der Waals surface area contributed by atoms with Crippen LogP contribution in [0.25, 0.3) is 33.7 Å². The van der Waals surface area contributed by atoms with E-state index in [0.717, 1.165) is 41.5 Å². The highest BCUT2D eigenvalue weighted by Crippen LogP contribution is 2.27. The van der Waals surface area contributed by atoms with Crippen LogP contribution in [0, 0.1) is 6.92 Å². The van der Waals surface area contributed by atoms with Gasteiger partial charge in [-0.15, -0.1) is 0 Å². The SMILES string of the molecule is CCCCn1c(C(=O)N(CC)CC)cc2cc(-c3cc(-c4noc(C)n4)ccn3)ncc21. The van der Waals surface area contributed by atoms with E-state index in [9.17, 15) is 4.79 Å². The number of amides is 1. The van der Waals surface area contributed by atoms with Crippen LogP contribution >= 0.6 is 0 Å². The van der Waals surface area contributed by atoms with Crippen molar-refractivity contribution in [2.75, 3.05) is 13.1 Å². The molecule has 0 aliphatic rings. The number of aryl methyl sites for hydroxylation is 2.